The third-order valence-electron chi connectivity index (χ3n) is 5.45. The van der Waals surface area contributed by atoms with Gasteiger partial charge in [-0.1, -0.05) is 70.2 Å². The van der Waals surface area contributed by atoms with Crippen LogP contribution in [0.5, 0.6) is 5.75 Å². The van der Waals surface area contributed by atoms with Crippen molar-refractivity contribution in [3.05, 3.63) is 65.7 Å². The van der Waals surface area contributed by atoms with Crippen molar-refractivity contribution < 1.29 is 14.3 Å². The number of ether oxygens (including phenoxy) is 1. The van der Waals surface area contributed by atoms with Crippen LogP contribution in [-0.2, 0) is 21.4 Å². The summed E-state index contributed by atoms with van der Waals surface area (Å²) in [7, 11) is 0. The molecule has 5 nitrogen and oxygen atoms in total. The number of amides is 2. The van der Waals surface area contributed by atoms with Crippen LogP contribution in [0.1, 0.15) is 66.0 Å². The minimum absolute atomic E-state index is 0.0529. The lowest BCUT2D eigenvalue weighted by atomic mass is 9.87. The summed E-state index contributed by atoms with van der Waals surface area (Å²) in [4.78, 5) is 27.9. The van der Waals surface area contributed by atoms with Crippen molar-refractivity contribution in [3.63, 3.8) is 0 Å². The maximum Gasteiger partial charge on any atom is 0.261 e. The molecule has 0 aliphatic heterocycles. The SMILES string of the molecule is CC[C@H](C(=O)NC(C)(C)C)N(CCc1ccccc1)C(=O)COc1ccc(C(C)(C)C)cc1. The number of nitrogens with one attached hydrogen (secondary N) is 1. The van der Waals surface area contributed by atoms with Crippen LogP contribution in [0, 0.1) is 0 Å². The van der Waals surface area contributed by atoms with Crippen molar-refractivity contribution in [1.82, 2.24) is 10.2 Å². The fraction of sp³-hybridized carbons (Fsp3) is 0.500. The van der Waals surface area contributed by atoms with Crippen molar-refractivity contribution in [2.75, 3.05) is 13.2 Å². The van der Waals surface area contributed by atoms with E-state index >= 15 is 0 Å². The van der Waals surface area contributed by atoms with Gasteiger partial charge in [0, 0.05) is 12.1 Å². The van der Waals surface area contributed by atoms with Crippen LogP contribution in [0.3, 0.4) is 0 Å². The molecule has 0 aliphatic rings. The topological polar surface area (TPSA) is 58.6 Å². The fourth-order valence-electron chi connectivity index (χ4n) is 3.63. The third kappa shape index (κ3) is 8.56. The second-order valence-corrected chi connectivity index (χ2v) is 10.5. The van der Waals surface area contributed by atoms with E-state index in [9.17, 15) is 9.59 Å². The van der Waals surface area contributed by atoms with Gasteiger partial charge in [0.25, 0.3) is 5.91 Å². The molecule has 0 spiro atoms. The van der Waals surface area contributed by atoms with Crippen molar-refractivity contribution in [2.45, 2.75) is 78.3 Å². The van der Waals surface area contributed by atoms with Gasteiger partial charge in [-0.05, 0) is 62.3 Å². The Balaban J connectivity index is 2.14. The molecule has 1 N–H and O–H groups in total. The van der Waals surface area contributed by atoms with Crippen LogP contribution in [0.15, 0.2) is 54.6 Å². The second kappa shape index (κ2) is 11.4. The van der Waals surface area contributed by atoms with E-state index < -0.39 is 6.04 Å². The molecule has 1 atom stereocenters. The number of hydrogen-bond acceptors (Lipinski definition) is 3. The summed E-state index contributed by atoms with van der Waals surface area (Å²) in [5.41, 5.74) is 2.01. The van der Waals surface area contributed by atoms with E-state index in [0.717, 1.165) is 5.56 Å². The Labute approximate surface area is 199 Å². The Kier molecular flexibility index (Phi) is 9.09. The minimum Gasteiger partial charge on any atom is -0.484 e. The Hall–Kier alpha value is -2.82. The Morgan fingerprint density at radius 1 is 0.939 bits per heavy atom. The van der Waals surface area contributed by atoms with Crippen LogP contribution in [0.2, 0.25) is 0 Å². The number of carbonyl (C=O) groups is 2. The minimum atomic E-state index is -0.549. The van der Waals surface area contributed by atoms with Gasteiger partial charge in [-0.25, -0.2) is 0 Å². The van der Waals surface area contributed by atoms with Gasteiger partial charge in [0.05, 0.1) is 0 Å². The molecule has 0 heterocycles. The number of rotatable bonds is 9. The number of benzene rings is 2. The molecule has 0 unspecified atom stereocenters. The summed E-state index contributed by atoms with van der Waals surface area (Å²) in [6.45, 7) is 14.6. The highest BCUT2D eigenvalue weighted by atomic mass is 16.5. The van der Waals surface area contributed by atoms with Crippen molar-refractivity contribution in [2.24, 2.45) is 0 Å². The molecule has 0 fully saturated rings. The van der Waals surface area contributed by atoms with E-state index in [2.05, 4.69) is 26.1 Å². The number of carbonyl (C=O) groups excluding carboxylic acids is 2. The molecule has 0 saturated heterocycles. The van der Waals surface area contributed by atoms with Crippen molar-refractivity contribution >= 4 is 11.8 Å². The summed E-state index contributed by atoms with van der Waals surface area (Å²) in [6.07, 6.45) is 1.20. The van der Waals surface area contributed by atoms with Crippen molar-refractivity contribution in [1.29, 1.82) is 0 Å². The van der Waals surface area contributed by atoms with Crippen LogP contribution in [-0.4, -0.2) is 41.4 Å². The Morgan fingerprint density at radius 2 is 1.55 bits per heavy atom. The van der Waals surface area contributed by atoms with Gasteiger partial charge in [-0.2, -0.15) is 0 Å². The smallest absolute Gasteiger partial charge is 0.261 e. The number of nitrogens with zero attached hydrogens (tertiary/aromatic N) is 1. The van der Waals surface area contributed by atoms with Gasteiger partial charge < -0.3 is 15.0 Å². The van der Waals surface area contributed by atoms with Crippen LogP contribution < -0.4 is 10.1 Å². The fourth-order valence-corrected chi connectivity index (χ4v) is 3.63. The molecular weight excluding hydrogens is 412 g/mol. The molecule has 0 radical (unpaired) electrons. The Morgan fingerprint density at radius 3 is 2.06 bits per heavy atom. The van der Waals surface area contributed by atoms with Crippen LogP contribution in [0.25, 0.3) is 0 Å². The standard InChI is InChI=1S/C28H40N2O3/c1-8-24(26(32)29-28(5,6)7)30(19-18-21-12-10-9-11-13-21)25(31)20-33-23-16-14-22(15-17-23)27(2,3)4/h9-17,24H,8,18-20H2,1-7H3,(H,29,32)/t24-/m1/s1. The first kappa shape index (κ1) is 26.4. The maximum absolute atomic E-state index is 13.3. The first-order chi connectivity index (χ1) is 15.4. The lowest BCUT2D eigenvalue weighted by Gasteiger charge is -2.33. The average molecular weight is 453 g/mol. The summed E-state index contributed by atoms with van der Waals surface area (Å²) in [5.74, 6) is 0.314. The van der Waals surface area contributed by atoms with Gasteiger partial charge >= 0.3 is 0 Å². The van der Waals surface area contributed by atoms with Gasteiger partial charge in [-0.3, -0.25) is 9.59 Å². The summed E-state index contributed by atoms with van der Waals surface area (Å²) < 4.78 is 5.82. The average Bonchev–Trinajstić information content (AvgIpc) is 2.74. The van der Waals surface area contributed by atoms with E-state index in [1.807, 2.05) is 82.3 Å². The highest BCUT2D eigenvalue weighted by Gasteiger charge is 2.30. The second-order valence-electron chi connectivity index (χ2n) is 10.5. The Bertz CT molecular complexity index is 893. The van der Waals surface area contributed by atoms with Crippen molar-refractivity contribution in [3.8, 4) is 5.75 Å². The monoisotopic (exact) mass is 452 g/mol. The predicted octanol–water partition coefficient (Wildman–Crippen LogP) is 5.13. The quantitative estimate of drug-likeness (QED) is 0.574. The molecule has 5 heteroatoms. The molecular formula is C28H40N2O3. The molecule has 0 bridgehead atoms. The lowest BCUT2D eigenvalue weighted by molar-refractivity contribution is -0.142. The summed E-state index contributed by atoms with van der Waals surface area (Å²) in [6, 6.07) is 17.3. The normalized spacial score (nSPS) is 12.7. The highest BCUT2D eigenvalue weighted by Crippen LogP contribution is 2.24. The molecule has 2 amide bonds. The molecule has 0 aromatic heterocycles. The molecule has 180 valence electrons. The molecule has 33 heavy (non-hydrogen) atoms. The lowest BCUT2D eigenvalue weighted by Crippen LogP contribution is -2.54. The van der Waals surface area contributed by atoms with Gasteiger partial charge in [0.15, 0.2) is 6.61 Å². The molecule has 0 saturated carbocycles. The first-order valence-corrected chi connectivity index (χ1v) is 11.8. The predicted molar refractivity (Wildman–Crippen MR) is 134 cm³/mol. The third-order valence-corrected chi connectivity index (χ3v) is 5.45. The van der Waals surface area contributed by atoms with E-state index in [1.54, 1.807) is 4.90 Å². The van der Waals surface area contributed by atoms with Gasteiger partial charge in [0.1, 0.15) is 11.8 Å². The molecule has 2 aromatic carbocycles. The summed E-state index contributed by atoms with van der Waals surface area (Å²) >= 11 is 0. The molecule has 0 aliphatic carbocycles. The van der Waals surface area contributed by atoms with Crippen LogP contribution in [0.4, 0.5) is 0 Å². The first-order valence-electron chi connectivity index (χ1n) is 11.8. The number of hydrogen-bond donors (Lipinski definition) is 1. The molecule has 2 aromatic rings. The van der Waals surface area contributed by atoms with Gasteiger partial charge in [0.2, 0.25) is 5.91 Å². The maximum atomic E-state index is 13.3. The largest absolute Gasteiger partial charge is 0.484 e. The zero-order valence-electron chi connectivity index (χ0n) is 21.3. The van der Waals surface area contributed by atoms with Crippen LogP contribution >= 0.6 is 0 Å². The van der Waals surface area contributed by atoms with Gasteiger partial charge in [-0.15, -0.1) is 0 Å². The summed E-state index contributed by atoms with van der Waals surface area (Å²) in [5, 5.41) is 3.02. The van der Waals surface area contributed by atoms with E-state index in [4.69, 9.17) is 4.74 Å². The zero-order chi connectivity index (χ0) is 24.6. The van der Waals surface area contributed by atoms with E-state index in [0.29, 0.717) is 25.1 Å². The highest BCUT2D eigenvalue weighted by molar-refractivity contribution is 5.88. The van der Waals surface area contributed by atoms with E-state index in [1.165, 1.54) is 5.56 Å². The zero-order valence-corrected chi connectivity index (χ0v) is 21.3. The van der Waals surface area contributed by atoms with E-state index in [-0.39, 0.29) is 29.4 Å². The molecule has 2 rings (SSSR count).